The maximum Gasteiger partial charge on any atom is 0.258 e. The normalized spacial score (nSPS) is 13.4. The van der Waals surface area contributed by atoms with Crippen molar-refractivity contribution in [2.75, 3.05) is 5.75 Å². The molecule has 0 saturated heterocycles. The molecule has 18 heavy (non-hydrogen) atoms. The molecule has 2 rings (SSSR count). The summed E-state index contributed by atoms with van der Waals surface area (Å²) >= 11 is 1.79. The fourth-order valence-corrected chi connectivity index (χ4v) is 2.93. The van der Waals surface area contributed by atoms with Crippen LogP contribution >= 0.6 is 11.8 Å². The smallest absolute Gasteiger partial charge is 0.222 e. The summed E-state index contributed by atoms with van der Waals surface area (Å²) in [5, 5.41) is 10.1. The summed E-state index contributed by atoms with van der Waals surface area (Å²) < 4.78 is 36.2. The van der Waals surface area contributed by atoms with Crippen LogP contribution in [0.5, 0.6) is 0 Å². The number of halogens is 1. The highest BCUT2D eigenvalue weighted by Gasteiger charge is 2.27. The number of rotatable bonds is 0. The second-order valence-corrected chi connectivity index (χ2v) is 5.48. The number of nitriles is 1. The Bertz CT molecular complexity index is 490. The van der Waals surface area contributed by atoms with Crippen molar-refractivity contribution in [1.29, 1.82) is 5.26 Å². The van der Waals surface area contributed by atoms with E-state index in [0.29, 0.717) is 0 Å². The lowest BCUT2D eigenvalue weighted by atomic mass is 10.1. The lowest BCUT2D eigenvalue weighted by Crippen LogP contribution is -2.68. The van der Waals surface area contributed by atoms with Crippen LogP contribution in [0.2, 0.25) is 0 Å². The molecule has 0 aromatic carbocycles. The molecular weight excluding hydrogens is 280 g/mol. The van der Waals surface area contributed by atoms with Crippen molar-refractivity contribution in [2.24, 2.45) is 0 Å². The van der Waals surface area contributed by atoms with E-state index < -0.39 is 10.2 Å². The van der Waals surface area contributed by atoms with Crippen molar-refractivity contribution in [1.82, 2.24) is 0 Å². The molecule has 2 heterocycles. The summed E-state index contributed by atoms with van der Waals surface area (Å²) in [5.41, 5.74) is 3.21. The van der Waals surface area contributed by atoms with Crippen molar-refractivity contribution < 1.29 is 33.4 Å². The average Bonchev–Trinajstić information content (AvgIpc) is 2.64. The van der Waals surface area contributed by atoms with E-state index in [0.717, 1.165) is 28.5 Å². The van der Waals surface area contributed by atoms with Gasteiger partial charge >= 0.3 is 0 Å². The van der Waals surface area contributed by atoms with Gasteiger partial charge in [-0.05, 0) is 24.2 Å². The van der Waals surface area contributed by atoms with Crippen molar-refractivity contribution in [3.63, 3.8) is 0 Å². The number of aromatic nitrogens is 1. The fraction of sp³-hybridized carbons (Fsp3) is 0.400. The zero-order chi connectivity index (χ0) is 13.9. The maximum absolute atomic E-state index is 9.00. The molecule has 0 spiro atoms. The molecule has 1 aliphatic rings. The minimum absolute atomic E-state index is 0.855. The third kappa shape index (κ3) is 4.10. The highest BCUT2D eigenvalue weighted by Crippen LogP contribution is 2.25. The highest BCUT2D eigenvalue weighted by molar-refractivity contribution is 7.99. The second-order valence-electron chi connectivity index (χ2n) is 3.64. The Labute approximate surface area is 111 Å². The SMILES string of the molecule is Cc1cc(C)[n+]2c(c1C#N)SCC2.[O-][Cl+3]([O-])([O-])[O-]. The van der Waals surface area contributed by atoms with E-state index in [1.54, 1.807) is 11.8 Å². The molecule has 1 aromatic rings. The molecule has 0 radical (unpaired) electrons. The van der Waals surface area contributed by atoms with Gasteiger partial charge in [0, 0.05) is 13.0 Å². The van der Waals surface area contributed by atoms with Gasteiger partial charge in [-0.1, -0.05) is 0 Å². The van der Waals surface area contributed by atoms with Crippen LogP contribution in [0.3, 0.4) is 0 Å². The van der Waals surface area contributed by atoms with Gasteiger partial charge in [0.05, 0.1) is 5.75 Å². The first kappa shape index (κ1) is 15.2. The standard InChI is InChI=1S/C10H11N2S.ClHO4/c1-7-5-8(2)12-3-4-13-10(12)9(7)6-11;2-1(3,4)5/h5H,3-4H2,1-2H3;(H,2,3,4,5)/q+1;/p-1. The van der Waals surface area contributed by atoms with Gasteiger partial charge in [0.1, 0.15) is 11.6 Å². The predicted molar refractivity (Wildman–Crippen MR) is 51.6 cm³/mol. The Kier molecular flexibility index (Phi) is 4.92. The number of thioether (sulfide) groups is 1. The monoisotopic (exact) mass is 290 g/mol. The van der Waals surface area contributed by atoms with Crippen molar-refractivity contribution in [3.8, 4) is 6.07 Å². The number of hydrogen-bond acceptors (Lipinski definition) is 6. The second kappa shape index (κ2) is 5.84. The van der Waals surface area contributed by atoms with E-state index >= 15 is 0 Å². The summed E-state index contributed by atoms with van der Waals surface area (Å²) in [6.45, 7) is 5.15. The Hall–Kier alpha value is -0.880. The van der Waals surface area contributed by atoms with Gasteiger partial charge in [0.25, 0.3) is 5.03 Å². The highest BCUT2D eigenvalue weighted by atomic mass is 35.7. The zero-order valence-electron chi connectivity index (χ0n) is 9.81. The van der Waals surface area contributed by atoms with Crippen LogP contribution in [0.4, 0.5) is 0 Å². The number of fused-ring (bicyclic) bond motifs is 1. The van der Waals surface area contributed by atoms with Crippen LogP contribution in [-0.2, 0) is 6.54 Å². The molecule has 0 bridgehead atoms. The van der Waals surface area contributed by atoms with Gasteiger partial charge in [0.15, 0.2) is 12.2 Å². The third-order valence-electron chi connectivity index (χ3n) is 2.37. The summed E-state index contributed by atoms with van der Waals surface area (Å²) in [6.07, 6.45) is 0. The average molecular weight is 291 g/mol. The number of pyridine rings is 1. The summed E-state index contributed by atoms with van der Waals surface area (Å²) in [7, 11) is -4.94. The van der Waals surface area contributed by atoms with E-state index in [1.807, 2.05) is 6.92 Å². The lowest BCUT2D eigenvalue weighted by Gasteiger charge is -2.17. The number of hydrogen-bond donors (Lipinski definition) is 0. The quantitative estimate of drug-likeness (QED) is 0.464. The lowest BCUT2D eigenvalue weighted by molar-refractivity contribution is -2.00. The predicted octanol–water partition coefficient (Wildman–Crippen LogP) is -3.19. The molecule has 0 amide bonds. The molecular formula is C10H11ClN2O4S. The first-order valence-electron chi connectivity index (χ1n) is 4.92. The van der Waals surface area contributed by atoms with E-state index in [9.17, 15) is 0 Å². The molecule has 1 aliphatic heterocycles. The van der Waals surface area contributed by atoms with Gasteiger partial charge < -0.3 is 0 Å². The topological polar surface area (TPSA) is 120 Å². The van der Waals surface area contributed by atoms with Crippen LogP contribution in [0.1, 0.15) is 16.8 Å². The van der Waals surface area contributed by atoms with E-state index in [2.05, 4.69) is 23.6 Å². The van der Waals surface area contributed by atoms with E-state index in [4.69, 9.17) is 23.9 Å². The number of aryl methyl sites for hydroxylation is 2. The van der Waals surface area contributed by atoms with E-state index in [-0.39, 0.29) is 0 Å². The van der Waals surface area contributed by atoms with Gasteiger partial charge in [-0.25, -0.2) is 18.6 Å². The van der Waals surface area contributed by atoms with Crippen molar-refractivity contribution in [3.05, 3.63) is 22.9 Å². The van der Waals surface area contributed by atoms with E-state index in [1.165, 1.54) is 5.69 Å². The van der Waals surface area contributed by atoms with Crippen molar-refractivity contribution in [2.45, 2.75) is 25.4 Å². The van der Waals surface area contributed by atoms with Crippen LogP contribution < -0.4 is 23.2 Å². The molecule has 0 N–H and O–H groups in total. The molecule has 8 heteroatoms. The third-order valence-corrected chi connectivity index (χ3v) is 3.45. The van der Waals surface area contributed by atoms with Crippen LogP contribution in [0.25, 0.3) is 0 Å². The largest absolute Gasteiger partial charge is 0.258 e. The van der Waals surface area contributed by atoms with Crippen LogP contribution in [-0.4, -0.2) is 5.75 Å². The molecule has 6 nitrogen and oxygen atoms in total. The molecule has 0 saturated carbocycles. The molecule has 0 unspecified atom stereocenters. The zero-order valence-corrected chi connectivity index (χ0v) is 11.4. The first-order valence-corrected chi connectivity index (χ1v) is 7.14. The fourth-order valence-electron chi connectivity index (χ4n) is 1.72. The minimum Gasteiger partial charge on any atom is -0.222 e. The molecule has 98 valence electrons. The van der Waals surface area contributed by atoms with Gasteiger partial charge in [-0.3, -0.25) is 0 Å². The van der Waals surface area contributed by atoms with Gasteiger partial charge in [-0.15, -0.1) is 10.2 Å². The minimum atomic E-state index is -4.94. The maximum atomic E-state index is 9.00. The Morgan fingerprint density at radius 2 is 1.89 bits per heavy atom. The summed E-state index contributed by atoms with van der Waals surface area (Å²) in [4.78, 5) is 0. The van der Waals surface area contributed by atoms with Gasteiger partial charge in [-0.2, -0.15) is 9.83 Å². The Balaban J connectivity index is 0.000000280. The van der Waals surface area contributed by atoms with Crippen molar-refractivity contribution >= 4 is 11.8 Å². The first-order chi connectivity index (χ1) is 8.24. The number of nitrogens with zero attached hydrogens (tertiary/aromatic N) is 2. The van der Waals surface area contributed by atoms with Crippen LogP contribution in [0, 0.1) is 35.4 Å². The van der Waals surface area contributed by atoms with Crippen LogP contribution in [0.15, 0.2) is 11.1 Å². The molecule has 0 fully saturated rings. The molecule has 1 aromatic heterocycles. The van der Waals surface area contributed by atoms with Gasteiger partial charge in [0.2, 0.25) is 0 Å². The Morgan fingerprint density at radius 1 is 1.33 bits per heavy atom. The Morgan fingerprint density at radius 3 is 2.39 bits per heavy atom. The molecule has 0 atom stereocenters. The summed E-state index contributed by atoms with van der Waals surface area (Å²) in [6, 6.07) is 4.37. The summed E-state index contributed by atoms with van der Waals surface area (Å²) in [5.74, 6) is 1.10. The molecule has 0 aliphatic carbocycles.